The molecule has 1 fully saturated rings. The molecule has 1 aliphatic carbocycles. The van der Waals surface area contributed by atoms with Gasteiger partial charge in [0.25, 0.3) is 0 Å². The van der Waals surface area contributed by atoms with Gasteiger partial charge in [-0.1, -0.05) is 12.1 Å². The molecule has 2 N–H and O–H groups in total. The minimum absolute atomic E-state index is 0.0140. The van der Waals surface area contributed by atoms with Crippen LogP contribution in [-0.2, 0) is 26.6 Å². The van der Waals surface area contributed by atoms with Gasteiger partial charge in [-0.05, 0) is 43.2 Å². The van der Waals surface area contributed by atoms with Crippen molar-refractivity contribution in [2.24, 2.45) is 0 Å². The van der Waals surface area contributed by atoms with Gasteiger partial charge < -0.3 is 9.47 Å². The molecule has 150 valence electrons. The summed E-state index contributed by atoms with van der Waals surface area (Å²) in [7, 11) is -7.44. The zero-order valence-electron chi connectivity index (χ0n) is 14.9. The van der Waals surface area contributed by atoms with E-state index in [9.17, 15) is 16.8 Å². The van der Waals surface area contributed by atoms with E-state index in [1.54, 1.807) is 18.2 Å². The minimum atomic E-state index is -3.82. The molecule has 10 heteroatoms. The van der Waals surface area contributed by atoms with Crippen LogP contribution in [0, 0.1) is 0 Å². The zero-order valence-corrected chi connectivity index (χ0v) is 16.6. The Hall–Kier alpha value is -2.14. The smallest absolute Gasteiger partial charge is 0.240 e. The molecule has 0 spiro atoms. The molecule has 4 rings (SSSR count). The number of para-hydroxylation sites is 1. The Morgan fingerprint density at radius 3 is 2.18 bits per heavy atom. The van der Waals surface area contributed by atoms with Gasteiger partial charge in [-0.2, -0.15) is 0 Å². The number of hydrogen-bond acceptors (Lipinski definition) is 6. The highest BCUT2D eigenvalue weighted by Gasteiger charge is 2.28. The van der Waals surface area contributed by atoms with Crippen LogP contribution < -0.4 is 18.9 Å². The summed E-state index contributed by atoms with van der Waals surface area (Å²) < 4.78 is 65.7. The lowest BCUT2D eigenvalue weighted by Crippen LogP contribution is -2.26. The average molecular weight is 425 g/mol. The van der Waals surface area contributed by atoms with E-state index in [-0.39, 0.29) is 22.4 Å². The van der Waals surface area contributed by atoms with Gasteiger partial charge in [0.1, 0.15) is 13.2 Å². The van der Waals surface area contributed by atoms with Crippen LogP contribution in [0.3, 0.4) is 0 Å². The quantitative estimate of drug-likeness (QED) is 0.695. The van der Waals surface area contributed by atoms with Crippen molar-refractivity contribution in [1.82, 2.24) is 9.44 Å². The molecule has 1 heterocycles. The van der Waals surface area contributed by atoms with Crippen LogP contribution in [0.25, 0.3) is 0 Å². The molecule has 0 radical (unpaired) electrons. The lowest BCUT2D eigenvalue weighted by atomic mass is 10.2. The van der Waals surface area contributed by atoms with Crippen LogP contribution in [0.1, 0.15) is 18.4 Å². The Morgan fingerprint density at radius 2 is 1.50 bits per heavy atom. The van der Waals surface area contributed by atoms with Crippen molar-refractivity contribution in [2.45, 2.75) is 35.2 Å². The third-order valence-corrected chi connectivity index (χ3v) is 7.40. The molecule has 2 aliphatic rings. The van der Waals surface area contributed by atoms with Crippen molar-refractivity contribution in [3.63, 3.8) is 0 Å². The number of hydrogen-bond donors (Lipinski definition) is 2. The molecule has 0 atom stereocenters. The summed E-state index contributed by atoms with van der Waals surface area (Å²) in [5.41, 5.74) is 0.661. The van der Waals surface area contributed by atoms with Crippen LogP contribution in [0.5, 0.6) is 11.5 Å². The predicted molar refractivity (Wildman–Crippen MR) is 101 cm³/mol. The van der Waals surface area contributed by atoms with Gasteiger partial charge in [-0.3, -0.25) is 0 Å². The van der Waals surface area contributed by atoms with Crippen LogP contribution in [0.4, 0.5) is 0 Å². The maximum atomic E-state index is 12.6. The molecule has 0 aromatic heterocycles. The van der Waals surface area contributed by atoms with Gasteiger partial charge in [0.05, 0.1) is 9.79 Å². The van der Waals surface area contributed by atoms with Crippen molar-refractivity contribution >= 4 is 20.0 Å². The summed E-state index contributed by atoms with van der Waals surface area (Å²) in [6.45, 7) is 0.882. The Balaban J connectivity index is 1.48. The molecular weight excluding hydrogens is 404 g/mol. The molecule has 0 saturated heterocycles. The zero-order chi connectivity index (χ0) is 19.8. The topological polar surface area (TPSA) is 111 Å². The third kappa shape index (κ3) is 4.14. The number of nitrogens with one attached hydrogen (secondary N) is 2. The van der Waals surface area contributed by atoms with Gasteiger partial charge in [0.15, 0.2) is 11.5 Å². The van der Waals surface area contributed by atoms with Crippen LogP contribution >= 0.6 is 0 Å². The van der Waals surface area contributed by atoms with Crippen LogP contribution in [0.15, 0.2) is 52.3 Å². The molecule has 1 saturated carbocycles. The van der Waals surface area contributed by atoms with Gasteiger partial charge in [0.2, 0.25) is 20.0 Å². The first-order valence-corrected chi connectivity index (χ1v) is 11.8. The summed E-state index contributed by atoms with van der Waals surface area (Å²) in [5, 5.41) is 0. The fourth-order valence-corrected chi connectivity index (χ4v) is 5.13. The summed E-state index contributed by atoms with van der Waals surface area (Å²) in [6.07, 6.45) is 1.65. The highest BCUT2D eigenvalue weighted by molar-refractivity contribution is 7.90. The number of benzene rings is 2. The first kappa shape index (κ1) is 19.2. The number of fused-ring (bicyclic) bond motifs is 1. The average Bonchev–Trinajstić information content (AvgIpc) is 3.50. The van der Waals surface area contributed by atoms with E-state index in [4.69, 9.17) is 9.47 Å². The second-order valence-electron chi connectivity index (χ2n) is 6.63. The van der Waals surface area contributed by atoms with Crippen molar-refractivity contribution < 1.29 is 26.3 Å². The van der Waals surface area contributed by atoms with E-state index in [2.05, 4.69) is 9.44 Å². The third-order valence-electron chi connectivity index (χ3n) is 4.44. The predicted octanol–water partition coefficient (Wildman–Crippen LogP) is 1.38. The first-order valence-electron chi connectivity index (χ1n) is 8.85. The normalized spacial score (nSPS) is 16.7. The van der Waals surface area contributed by atoms with Crippen LogP contribution in [-0.4, -0.2) is 36.1 Å². The Morgan fingerprint density at radius 1 is 0.857 bits per heavy atom. The highest BCUT2D eigenvalue weighted by Crippen LogP contribution is 2.33. The van der Waals surface area contributed by atoms with Gasteiger partial charge in [0, 0.05) is 18.2 Å². The van der Waals surface area contributed by atoms with Gasteiger partial charge in [-0.25, -0.2) is 26.3 Å². The van der Waals surface area contributed by atoms with Crippen LogP contribution in [0.2, 0.25) is 0 Å². The Bertz CT molecular complexity index is 1080. The summed E-state index contributed by atoms with van der Waals surface area (Å²) >= 11 is 0. The Labute approximate surface area is 164 Å². The fraction of sp³-hybridized carbons (Fsp3) is 0.333. The van der Waals surface area contributed by atoms with E-state index >= 15 is 0 Å². The molecule has 2 aromatic carbocycles. The maximum Gasteiger partial charge on any atom is 0.240 e. The second-order valence-corrected chi connectivity index (χ2v) is 10.1. The monoisotopic (exact) mass is 424 g/mol. The van der Waals surface area contributed by atoms with E-state index in [1.165, 1.54) is 24.3 Å². The molecule has 0 amide bonds. The Kier molecular flexibility index (Phi) is 5.04. The molecule has 8 nitrogen and oxygen atoms in total. The van der Waals surface area contributed by atoms with Crippen molar-refractivity contribution in [1.29, 1.82) is 0 Å². The van der Waals surface area contributed by atoms with E-state index < -0.39 is 20.0 Å². The summed E-state index contributed by atoms with van der Waals surface area (Å²) in [6, 6.07) is 10.4. The number of ether oxygens (including phenoxy) is 2. The maximum absolute atomic E-state index is 12.6. The van der Waals surface area contributed by atoms with Gasteiger partial charge >= 0.3 is 0 Å². The van der Waals surface area contributed by atoms with Crippen molar-refractivity contribution in [3.05, 3.63) is 48.0 Å². The van der Waals surface area contributed by atoms with Gasteiger partial charge in [-0.15, -0.1) is 0 Å². The van der Waals surface area contributed by atoms with E-state index in [1.807, 2.05) is 0 Å². The van der Waals surface area contributed by atoms with E-state index in [0.29, 0.717) is 30.3 Å². The standard InChI is InChI=1S/C18H20N2O6S2/c21-27(22,19-12-13-2-1-3-17-18(13)26-11-10-25-17)15-6-8-16(9-7-15)28(23,24)20-14-4-5-14/h1-3,6-9,14,19-20H,4-5,10-12H2. The first-order chi connectivity index (χ1) is 13.4. The number of rotatable bonds is 7. The fourth-order valence-electron chi connectivity index (χ4n) is 2.82. The summed E-state index contributed by atoms with van der Waals surface area (Å²) in [5.74, 6) is 1.12. The molecule has 2 aromatic rings. The number of sulfonamides is 2. The molecule has 0 bridgehead atoms. The lowest BCUT2D eigenvalue weighted by molar-refractivity contribution is 0.170. The molecular formula is C18H20N2O6S2. The minimum Gasteiger partial charge on any atom is -0.486 e. The molecule has 0 unspecified atom stereocenters. The van der Waals surface area contributed by atoms with Crippen molar-refractivity contribution in [3.8, 4) is 11.5 Å². The lowest BCUT2D eigenvalue weighted by Gasteiger charge is -2.21. The molecule has 1 aliphatic heterocycles. The second kappa shape index (κ2) is 7.36. The largest absolute Gasteiger partial charge is 0.486 e. The SMILES string of the molecule is O=S(=O)(NCc1cccc2c1OCCO2)c1ccc(S(=O)(=O)NC2CC2)cc1. The van der Waals surface area contributed by atoms with E-state index in [0.717, 1.165) is 12.8 Å². The highest BCUT2D eigenvalue weighted by atomic mass is 32.2. The summed E-state index contributed by atoms with van der Waals surface area (Å²) in [4.78, 5) is 0.0286. The molecule has 28 heavy (non-hydrogen) atoms. The van der Waals surface area contributed by atoms with Crippen molar-refractivity contribution in [2.75, 3.05) is 13.2 Å².